The van der Waals surface area contributed by atoms with Crippen LogP contribution in [0, 0.1) is 0 Å². The molecule has 1 N–H and O–H groups in total. The molecule has 22 heavy (non-hydrogen) atoms. The maximum Gasteiger partial charge on any atom is 0.416 e. The Hall–Kier alpha value is -1.11. The number of aliphatic hydroxyl groups excluding tert-OH is 1. The molecule has 0 aromatic heterocycles. The van der Waals surface area contributed by atoms with Crippen molar-refractivity contribution in [3.8, 4) is 0 Å². The smallest absolute Gasteiger partial charge is 0.394 e. The zero-order chi connectivity index (χ0) is 16.2. The van der Waals surface area contributed by atoms with Gasteiger partial charge in [-0.3, -0.25) is 4.90 Å². The summed E-state index contributed by atoms with van der Waals surface area (Å²) >= 11 is 0. The van der Waals surface area contributed by atoms with Crippen molar-refractivity contribution >= 4 is 0 Å². The van der Waals surface area contributed by atoms with Crippen LogP contribution >= 0.6 is 0 Å². The van der Waals surface area contributed by atoms with Gasteiger partial charge in [-0.25, -0.2) is 0 Å². The average Bonchev–Trinajstić information content (AvgIpc) is 2.49. The molecule has 1 aromatic carbocycles. The predicted molar refractivity (Wildman–Crippen MR) is 79.6 cm³/mol. The Morgan fingerprint density at radius 1 is 1.18 bits per heavy atom. The molecule has 1 aromatic rings. The van der Waals surface area contributed by atoms with Crippen molar-refractivity contribution in [1.82, 2.24) is 9.80 Å². The van der Waals surface area contributed by atoms with Gasteiger partial charge in [0, 0.05) is 26.2 Å². The van der Waals surface area contributed by atoms with E-state index in [0.29, 0.717) is 5.56 Å². The predicted octanol–water partition coefficient (Wildman–Crippen LogP) is 2.77. The number of hydrogen-bond acceptors (Lipinski definition) is 3. The third kappa shape index (κ3) is 4.21. The zero-order valence-electron chi connectivity index (χ0n) is 12.8. The Morgan fingerprint density at radius 2 is 1.86 bits per heavy atom. The van der Waals surface area contributed by atoms with Crippen molar-refractivity contribution in [2.75, 3.05) is 39.3 Å². The number of rotatable bonds is 5. The molecule has 6 heteroatoms. The fourth-order valence-electron chi connectivity index (χ4n) is 2.97. The molecule has 0 radical (unpaired) electrons. The molecule has 1 aliphatic heterocycles. The first kappa shape index (κ1) is 17.2. The molecule has 1 unspecified atom stereocenters. The van der Waals surface area contributed by atoms with E-state index in [2.05, 4.69) is 16.7 Å². The Bertz CT molecular complexity index is 471. The van der Waals surface area contributed by atoms with E-state index in [1.54, 1.807) is 6.07 Å². The van der Waals surface area contributed by atoms with Gasteiger partial charge in [-0.05, 0) is 30.7 Å². The van der Waals surface area contributed by atoms with Gasteiger partial charge in [-0.15, -0.1) is 0 Å². The SMILES string of the molecule is CCCN1CCN(C(CO)c2cccc(C(F)(F)F)c2)CC1. The highest BCUT2D eigenvalue weighted by molar-refractivity contribution is 5.28. The van der Waals surface area contributed by atoms with Crippen molar-refractivity contribution in [3.63, 3.8) is 0 Å². The number of hydrogen-bond donors (Lipinski definition) is 1. The van der Waals surface area contributed by atoms with Crippen LogP contribution in [0.25, 0.3) is 0 Å². The Morgan fingerprint density at radius 3 is 2.41 bits per heavy atom. The van der Waals surface area contributed by atoms with Crippen LogP contribution in [-0.2, 0) is 6.18 Å². The zero-order valence-corrected chi connectivity index (χ0v) is 12.8. The highest BCUT2D eigenvalue weighted by Gasteiger charge is 2.32. The molecule has 1 fully saturated rings. The first-order valence-electron chi connectivity index (χ1n) is 7.70. The highest BCUT2D eigenvalue weighted by Crippen LogP contribution is 2.32. The fourth-order valence-corrected chi connectivity index (χ4v) is 2.97. The monoisotopic (exact) mass is 316 g/mol. The van der Waals surface area contributed by atoms with Crippen LogP contribution in [0.2, 0.25) is 0 Å². The Balaban J connectivity index is 2.09. The van der Waals surface area contributed by atoms with Gasteiger partial charge in [-0.2, -0.15) is 13.2 Å². The van der Waals surface area contributed by atoms with Crippen molar-refractivity contribution < 1.29 is 18.3 Å². The minimum atomic E-state index is -4.35. The van der Waals surface area contributed by atoms with Crippen molar-refractivity contribution in [2.45, 2.75) is 25.6 Å². The van der Waals surface area contributed by atoms with Crippen molar-refractivity contribution in [3.05, 3.63) is 35.4 Å². The summed E-state index contributed by atoms with van der Waals surface area (Å²) in [5.41, 5.74) is -0.130. The molecule has 0 bridgehead atoms. The summed E-state index contributed by atoms with van der Waals surface area (Å²) in [5.74, 6) is 0. The normalized spacial score (nSPS) is 19.3. The van der Waals surface area contributed by atoms with E-state index < -0.39 is 11.7 Å². The minimum Gasteiger partial charge on any atom is -0.394 e. The van der Waals surface area contributed by atoms with Gasteiger partial charge in [0.05, 0.1) is 18.2 Å². The molecule has 3 nitrogen and oxygen atoms in total. The third-order valence-electron chi connectivity index (χ3n) is 4.16. The second kappa shape index (κ2) is 7.44. The third-order valence-corrected chi connectivity index (χ3v) is 4.16. The first-order chi connectivity index (χ1) is 10.5. The standard InChI is InChI=1S/C16H23F3N2O/c1-2-6-20-7-9-21(10-8-20)15(12-22)13-4-3-5-14(11-13)16(17,18)19/h3-5,11,15,22H,2,6-10,12H2,1H3. The van der Waals surface area contributed by atoms with Gasteiger partial charge in [0.25, 0.3) is 0 Å². The van der Waals surface area contributed by atoms with Crippen LogP contribution in [0.3, 0.4) is 0 Å². The van der Waals surface area contributed by atoms with Crippen LogP contribution in [-0.4, -0.2) is 54.2 Å². The van der Waals surface area contributed by atoms with Gasteiger partial charge in [0.15, 0.2) is 0 Å². The molecule has 1 heterocycles. The highest BCUT2D eigenvalue weighted by atomic mass is 19.4. The number of aliphatic hydroxyl groups is 1. The van der Waals surface area contributed by atoms with Gasteiger partial charge in [-0.1, -0.05) is 19.1 Å². The lowest BCUT2D eigenvalue weighted by Crippen LogP contribution is -2.48. The van der Waals surface area contributed by atoms with E-state index in [0.717, 1.165) is 51.3 Å². The summed E-state index contributed by atoms with van der Waals surface area (Å²) < 4.78 is 38.5. The number of benzene rings is 1. The second-order valence-corrected chi connectivity index (χ2v) is 5.70. The molecule has 0 amide bonds. The molecular weight excluding hydrogens is 293 g/mol. The van der Waals surface area contributed by atoms with Gasteiger partial charge < -0.3 is 10.0 Å². The van der Waals surface area contributed by atoms with Crippen LogP contribution in [0.4, 0.5) is 13.2 Å². The summed E-state index contributed by atoms with van der Waals surface area (Å²) in [7, 11) is 0. The van der Waals surface area contributed by atoms with E-state index >= 15 is 0 Å². The molecule has 1 saturated heterocycles. The van der Waals surface area contributed by atoms with E-state index in [4.69, 9.17) is 0 Å². The maximum atomic E-state index is 12.8. The summed E-state index contributed by atoms with van der Waals surface area (Å²) in [5, 5.41) is 9.66. The van der Waals surface area contributed by atoms with Gasteiger partial charge >= 0.3 is 6.18 Å². The Labute approximate surface area is 129 Å². The summed E-state index contributed by atoms with van der Waals surface area (Å²) in [4.78, 5) is 4.42. The minimum absolute atomic E-state index is 0.172. The van der Waals surface area contributed by atoms with Crippen LogP contribution in [0.15, 0.2) is 24.3 Å². The largest absolute Gasteiger partial charge is 0.416 e. The molecule has 124 valence electrons. The van der Waals surface area contributed by atoms with Gasteiger partial charge in [0.1, 0.15) is 0 Å². The first-order valence-corrected chi connectivity index (χ1v) is 7.70. The van der Waals surface area contributed by atoms with Crippen LogP contribution in [0.5, 0.6) is 0 Å². The lowest BCUT2D eigenvalue weighted by Gasteiger charge is -2.39. The Kier molecular flexibility index (Phi) is 5.83. The van der Waals surface area contributed by atoms with E-state index in [9.17, 15) is 18.3 Å². The number of halogens is 3. The molecule has 0 spiro atoms. The molecule has 0 saturated carbocycles. The lowest BCUT2D eigenvalue weighted by molar-refractivity contribution is -0.137. The number of alkyl halides is 3. The van der Waals surface area contributed by atoms with E-state index in [1.807, 2.05) is 0 Å². The van der Waals surface area contributed by atoms with Crippen molar-refractivity contribution in [2.24, 2.45) is 0 Å². The summed E-state index contributed by atoms with van der Waals surface area (Å²) in [6, 6.07) is 4.92. The van der Waals surface area contributed by atoms with E-state index in [-0.39, 0.29) is 12.6 Å². The lowest BCUT2D eigenvalue weighted by atomic mass is 10.0. The average molecular weight is 316 g/mol. The van der Waals surface area contributed by atoms with Crippen LogP contribution in [0.1, 0.15) is 30.5 Å². The molecule has 0 aliphatic carbocycles. The maximum absolute atomic E-state index is 12.8. The summed E-state index contributed by atoms with van der Waals surface area (Å²) in [6.07, 6.45) is -3.26. The topological polar surface area (TPSA) is 26.7 Å². The van der Waals surface area contributed by atoms with Gasteiger partial charge in [0.2, 0.25) is 0 Å². The molecular formula is C16H23F3N2O. The molecule has 1 aliphatic rings. The van der Waals surface area contributed by atoms with E-state index in [1.165, 1.54) is 6.07 Å². The quantitative estimate of drug-likeness (QED) is 0.905. The number of nitrogens with zero attached hydrogens (tertiary/aromatic N) is 2. The second-order valence-electron chi connectivity index (χ2n) is 5.70. The van der Waals surface area contributed by atoms with Crippen molar-refractivity contribution in [1.29, 1.82) is 0 Å². The van der Waals surface area contributed by atoms with Crippen LogP contribution < -0.4 is 0 Å². The molecule has 1 atom stereocenters. The number of piperazine rings is 1. The summed E-state index contributed by atoms with van der Waals surface area (Å²) in [6.45, 7) is 6.32. The fraction of sp³-hybridized carbons (Fsp3) is 0.625. The molecule has 2 rings (SSSR count).